The van der Waals surface area contributed by atoms with Crippen LogP contribution in [0.4, 0.5) is 4.39 Å². The van der Waals surface area contributed by atoms with Crippen LogP contribution in [0.1, 0.15) is 6.92 Å². The topological polar surface area (TPSA) is 29.5 Å². The van der Waals surface area contributed by atoms with Crippen molar-refractivity contribution >= 4 is 15.9 Å². The third-order valence-electron chi connectivity index (χ3n) is 1.28. The van der Waals surface area contributed by atoms with Crippen molar-refractivity contribution in [1.82, 2.24) is 0 Å². The van der Waals surface area contributed by atoms with Gasteiger partial charge >= 0.3 is 0 Å². The second-order valence-electron chi connectivity index (χ2n) is 2.17. The summed E-state index contributed by atoms with van der Waals surface area (Å²) >= 11 is 3.04. The molecule has 0 saturated carbocycles. The van der Waals surface area contributed by atoms with Crippen LogP contribution in [0.15, 0.2) is 16.6 Å². The highest BCUT2D eigenvalue weighted by molar-refractivity contribution is 9.10. The molecule has 1 rings (SSSR count). The second kappa shape index (κ2) is 3.76. The van der Waals surface area contributed by atoms with E-state index in [1.807, 2.05) is 0 Å². The third-order valence-corrected chi connectivity index (χ3v) is 1.74. The summed E-state index contributed by atoms with van der Waals surface area (Å²) in [6.45, 7) is 2.05. The Morgan fingerprint density at radius 2 is 2.25 bits per heavy atom. The van der Waals surface area contributed by atoms with E-state index in [9.17, 15) is 9.50 Å². The molecule has 0 fully saturated rings. The first kappa shape index (κ1) is 9.32. The Bertz CT molecular complexity index is 265. The maximum atomic E-state index is 13.0. The van der Waals surface area contributed by atoms with Crippen LogP contribution in [-0.2, 0) is 0 Å². The number of hydrogen-bond acceptors (Lipinski definition) is 2. The number of aromatic hydroxyl groups is 1. The molecule has 0 spiro atoms. The summed E-state index contributed by atoms with van der Waals surface area (Å²) in [6, 6.07) is 2.62. The Balaban J connectivity index is 3.10. The van der Waals surface area contributed by atoms with Crippen molar-refractivity contribution in [2.45, 2.75) is 6.92 Å². The van der Waals surface area contributed by atoms with Crippen LogP contribution in [0, 0.1) is 5.82 Å². The molecule has 0 unspecified atom stereocenters. The molecule has 2 nitrogen and oxygen atoms in total. The second-order valence-corrected chi connectivity index (χ2v) is 3.08. The van der Waals surface area contributed by atoms with Crippen LogP contribution in [0.3, 0.4) is 0 Å². The van der Waals surface area contributed by atoms with Gasteiger partial charge in [0.1, 0.15) is 0 Å². The largest absolute Gasteiger partial charge is 0.504 e. The van der Waals surface area contributed by atoms with E-state index in [4.69, 9.17) is 4.74 Å². The summed E-state index contributed by atoms with van der Waals surface area (Å²) in [5.41, 5.74) is 0. The van der Waals surface area contributed by atoms with Crippen LogP contribution >= 0.6 is 15.9 Å². The molecule has 4 heteroatoms. The average molecular weight is 235 g/mol. The molecule has 0 aromatic heterocycles. The first-order chi connectivity index (χ1) is 5.65. The molecule has 66 valence electrons. The highest BCUT2D eigenvalue weighted by Gasteiger charge is 2.09. The zero-order valence-corrected chi connectivity index (χ0v) is 8.06. The predicted octanol–water partition coefficient (Wildman–Crippen LogP) is 2.69. The minimum Gasteiger partial charge on any atom is -0.504 e. The van der Waals surface area contributed by atoms with Gasteiger partial charge in [0.15, 0.2) is 17.3 Å². The van der Waals surface area contributed by atoms with Gasteiger partial charge in [0.05, 0.1) is 6.61 Å². The van der Waals surface area contributed by atoms with E-state index in [1.54, 1.807) is 6.92 Å². The minimum atomic E-state index is -0.566. The van der Waals surface area contributed by atoms with Crippen molar-refractivity contribution in [3.05, 3.63) is 22.4 Å². The molecule has 0 saturated heterocycles. The molecule has 0 amide bonds. The van der Waals surface area contributed by atoms with Crippen LogP contribution < -0.4 is 4.74 Å². The lowest BCUT2D eigenvalue weighted by atomic mass is 10.3. The standard InChI is InChI=1S/C8H8BrFO2/c1-2-12-8-6(10)3-5(9)4-7(8)11/h3-4,11H,2H2,1H3. The Labute approximate surface area is 78.1 Å². The predicted molar refractivity (Wildman–Crippen MR) is 46.9 cm³/mol. The monoisotopic (exact) mass is 234 g/mol. The molecule has 0 heterocycles. The zero-order valence-electron chi connectivity index (χ0n) is 6.47. The van der Waals surface area contributed by atoms with Gasteiger partial charge in [-0.1, -0.05) is 15.9 Å². The fourth-order valence-electron chi connectivity index (χ4n) is 0.834. The van der Waals surface area contributed by atoms with Gasteiger partial charge in [0.2, 0.25) is 0 Å². The van der Waals surface area contributed by atoms with Crippen molar-refractivity contribution in [3.63, 3.8) is 0 Å². The van der Waals surface area contributed by atoms with Gasteiger partial charge in [0.25, 0.3) is 0 Å². The van der Waals surface area contributed by atoms with Crippen molar-refractivity contribution < 1.29 is 14.2 Å². The van der Waals surface area contributed by atoms with E-state index in [-0.39, 0.29) is 11.5 Å². The first-order valence-corrected chi connectivity index (χ1v) is 4.25. The van der Waals surface area contributed by atoms with E-state index in [0.29, 0.717) is 11.1 Å². The molecule has 0 bridgehead atoms. The smallest absolute Gasteiger partial charge is 0.196 e. The lowest BCUT2D eigenvalue weighted by Gasteiger charge is -2.06. The summed E-state index contributed by atoms with van der Waals surface area (Å²) in [7, 11) is 0. The molecule has 0 atom stereocenters. The Morgan fingerprint density at radius 3 is 2.75 bits per heavy atom. The summed E-state index contributed by atoms with van der Waals surface area (Å²) in [6.07, 6.45) is 0. The number of ether oxygens (including phenoxy) is 1. The summed E-state index contributed by atoms with van der Waals surface area (Å²) < 4.78 is 18.3. The molecule has 12 heavy (non-hydrogen) atoms. The maximum Gasteiger partial charge on any atom is 0.196 e. The highest BCUT2D eigenvalue weighted by Crippen LogP contribution is 2.32. The van der Waals surface area contributed by atoms with Gasteiger partial charge < -0.3 is 9.84 Å². The number of phenols is 1. The number of benzene rings is 1. The first-order valence-electron chi connectivity index (χ1n) is 3.46. The number of hydrogen-bond donors (Lipinski definition) is 1. The van der Waals surface area contributed by atoms with Crippen molar-refractivity contribution in [1.29, 1.82) is 0 Å². The van der Waals surface area contributed by atoms with Crippen LogP contribution in [-0.4, -0.2) is 11.7 Å². The minimum absolute atomic E-state index is 0.0966. The molecular formula is C8H8BrFO2. The molecule has 1 aromatic carbocycles. The molecule has 1 aromatic rings. The van der Waals surface area contributed by atoms with E-state index in [2.05, 4.69) is 15.9 Å². The number of phenolic OH excluding ortho intramolecular Hbond substituents is 1. The van der Waals surface area contributed by atoms with E-state index < -0.39 is 5.82 Å². The van der Waals surface area contributed by atoms with Crippen molar-refractivity contribution in [2.75, 3.05) is 6.61 Å². The van der Waals surface area contributed by atoms with Crippen LogP contribution in [0.5, 0.6) is 11.5 Å². The molecule has 0 aliphatic rings. The van der Waals surface area contributed by atoms with E-state index >= 15 is 0 Å². The molecule has 0 aliphatic heterocycles. The lowest BCUT2D eigenvalue weighted by molar-refractivity contribution is 0.300. The normalized spacial score (nSPS) is 9.92. The zero-order chi connectivity index (χ0) is 9.14. The van der Waals surface area contributed by atoms with E-state index in [0.717, 1.165) is 0 Å². The summed E-state index contributed by atoms with van der Waals surface area (Å²) in [5, 5.41) is 9.21. The Morgan fingerprint density at radius 1 is 1.58 bits per heavy atom. The fourth-order valence-corrected chi connectivity index (χ4v) is 1.25. The summed E-state index contributed by atoms with van der Waals surface area (Å²) in [5.74, 6) is -0.854. The number of halogens is 2. The van der Waals surface area contributed by atoms with Gasteiger partial charge in [0, 0.05) is 4.47 Å². The quantitative estimate of drug-likeness (QED) is 0.853. The highest BCUT2D eigenvalue weighted by atomic mass is 79.9. The van der Waals surface area contributed by atoms with Gasteiger partial charge in [-0.25, -0.2) is 4.39 Å². The molecular weight excluding hydrogens is 227 g/mol. The Hall–Kier alpha value is -0.770. The van der Waals surface area contributed by atoms with Crippen molar-refractivity contribution in [2.24, 2.45) is 0 Å². The van der Waals surface area contributed by atoms with Crippen molar-refractivity contribution in [3.8, 4) is 11.5 Å². The molecule has 1 N–H and O–H groups in total. The van der Waals surface area contributed by atoms with E-state index in [1.165, 1.54) is 12.1 Å². The third kappa shape index (κ3) is 1.88. The Kier molecular flexibility index (Phi) is 2.92. The van der Waals surface area contributed by atoms with Crippen LogP contribution in [0.2, 0.25) is 0 Å². The van der Waals surface area contributed by atoms with Gasteiger partial charge in [-0.2, -0.15) is 0 Å². The van der Waals surface area contributed by atoms with Gasteiger partial charge in [-0.15, -0.1) is 0 Å². The fraction of sp³-hybridized carbons (Fsp3) is 0.250. The van der Waals surface area contributed by atoms with Gasteiger partial charge in [-0.3, -0.25) is 0 Å². The number of rotatable bonds is 2. The van der Waals surface area contributed by atoms with Gasteiger partial charge in [-0.05, 0) is 19.1 Å². The SMILES string of the molecule is CCOc1c(O)cc(Br)cc1F. The molecule has 0 radical (unpaired) electrons. The average Bonchev–Trinajstić information content (AvgIpc) is 1.96. The molecule has 0 aliphatic carbocycles. The van der Waals surface area contributed by atoms with Crippen LogP contribution in [0.25, 0.3) is 0 Å². The summed E-state index contributed by atoms with van der Waals surface area (Å²) in [4.78, 5) is 0. The maximum absolute atomic E-state index is 13.0. The lowest BCUT2D eigenvalue weighted by Crippen LogP contribution is -1.94.